The predicted molar refractivity (Wildman–Crippen MR) is 60.6 cm³/mol. The van der Waals surface area contributed by atoms with E-state index in [0.29, 0.717) is 5.92 Å². The fourth-order valence-corrected chi connectivity index (χ4v) is 2.62. The van der Waals surface area contributed by atoms with Gasteiger partial charge in [-0.05, 0) is 44.2 Å². The van der Waals surface area contributed by atoms with Gasteiger partial charge in [-0.1, -0.05) is 6.92 Å². The number of amides is 1. The van der Waals surface area contributed by atoms with Crippen molar-refractivity contribution < 1.29 is 4.79 Å². The summed E-state index contributed by atoms with van der Waals surface area (Å²) in [4.78, 5) is 13.8. The minimum absolute atomic E-state index is 0.247. The van der Waals surface area contributed by atoms with Crippen LogP contribution in [0, 0.1) is 11.8 Å². The molecule has 0 bridgehead atoms. The lowest BCUT2D eigenvalue weighted by Crippen LogP contribution is -2.41. The van der Waals surface area contributed by atoms with Gasteiger partial charge in [-0.15, -0.1) is 0 Å². The molecule has 2 heterocycles. The quantitative estimate of drug-likeness (QED) is 0.744. The van der Waals surface area contributed by atoms with Gasteiger partial charge in [-0.3, -0.25) is 4.79 Å². The molecule has 0 aliphatic carbocycles. The average Bonchev–Trinajstić information content (AvgIpc) is 2.22. The Labute approximate surface area is 92.2 Å². The number of carbonyl (C=O) groups excluding carboxylic acids is 1. The summed E-state index contributed by atoms with van der Waals surface area (Å²) < 4.78 is 0. The first kappa shape index (κ1) is 10.9. The lowest BCUT2D eigenvalue weighted by Gasteiger charge is -2.34. The zero-order chi connectivity index (χ0) is 10.7. The van der Waals surface area contributed by atoms with Crippen molar-refractivity contribution in [1.82, 2.24) is 10.2 Å². The second kappa shape index (κ2) is 4.97. The highest BCUT2D eigenvalue weighted by Gasteiger charge is 2.23. The molecule has 0 aromatic heterocycles. The van der Waals surface area contributed by atoms with Crippen molar-refractivity contribution in [2.24, 2.45) is 11.8 Å². The summed E-state index contributed by atoms with van der Waals surface area (Å²) >= 11 is 0. The Bertz CT molecular complexity index is 222. The van der Waals surface area contributed by atoms with Crippen molar-refractivity contribution in [2.45, 2.75) is 32.6 Å². The highest BCUT2D eigenvalue weighted by molar-refractivity contribution is 5.76. The van der Waals surface area contributed by atoms with Crippen LogP contribution < -0.4 is 5.32 Å². The Kier molecular flexibility index (Phi) is 3.62. The highest BCUT2D eigenvalue weighted by atomic mass is 16.1. The normalized spacial score (nSPS) is 30.2. The summed E-state index contributed by atoms with van der Waals surface area (Å²) in [5.41, 5.74) is 0. The second-order valence-electron chi connectivity index (χ2n) is 5.19. The fourth-order valence-electron chi connectivity index (χ4n) is 2.62. The minimum Gasteiger partial charge on any atom is -0.356 e. The topological polar surface area (TPSA) is 32.3 Å². The lowest BCUT2D eigenvalue weighted by atomic mass is 9.94. The van der Waals surface area contributed by atoms with Crippen LogP contribution in [0.15, 0.2) is 0 Å². The third-order valence-electron chi connectivity index (χ3n) is 3.74. The van der Waals surface area contributed by atoms with Crippen LogP contribution in [0.4, 0.5) is 0 Å². The molecule has 1 N–H and O–H groups in total. The number of carbonyl (C=O) groups is 1. The molecule has 0 unspecified atom stereocenters. The van der Waals surface area contributed by atoms with E-state index in [9.17, 15) is 4.79 Å². The minimum atomic E-state index is 0.247. The third-order valence-corrected chi connectivity index (χ3v) is 3.74. The lowest BCUT2D eigenvalue weighted by molar-refractivity contribution is -0.123. The fraction of sp³-hybridized carbons (Fsp3) is 0.917. The number of nitrogens with one attached hydrogen (secondary N) is 1. The van der Waals surface area contributed by atoms with Crippen molar-refractivity contribution in [3.63, 3.8) is 0 Å². The Morgan fingerprint density at radius 1 is 1.33 bits per heavy atom. The van der Waals surface area contributed by atoms with Crippen molar-refractivity contribution in [2.75, 3.05) is 26.2 Å². The molecule has 1 atom stereocenters. The van der Waals surface area contributed by atoms with Crippen molar-refractivity contribution in [1.29, 1.82) is 0 Å². The predicted octanol–water partition coefficient (Wildman–Crippen LogP) is 1.24. The molecule has 2 aliphatic rings. The summed E-state index contributed by atoms with van der Waals surface area (Å²) in [6.07, 6.45) is 4.57. The van der Waals surface area contributed by atoms with Crippen LogP contribution in [0.3, 0.4) is 0 Å². The van der Waals surface area contributed by atoms with E-state index < -0.39 is 0 Å². The molecule has 15 heavy (non-hydrogen) atoms. The molecule has 0 radical (unpaired) electrons. The van der Waals surface area contributed by atoms with Gasteiger partial charge in [0.25, 0.3) is 0 Å². The van der Waals surface area contributed by atoms with Crippen LogP contribution >= 0.6 is 0 Å². The van der Waals surface area contributed by atoms with Crippen molar-refractivity contribution >= 4 is 5.91 Å². The number of hydrogen-bond donors (Lipinski definition) is 1. The van der Waals surface area contributed by atoms with Crippen LogP contribution in [0.1, 0.15) is 32.6 Å². The first-order chi connectivity index (χ1) is 7.24. The van der Waals surface area contributed by atoms with Gasteiger partial charge in [-0.25, -0.2) is 0 Å². The highest BCUT2D eigenvalue weighted by Crippen LogP contribution is 2.20. The number of likely N-dealkylation sites (tertiary alicyclic amines) is 1. The van der Waals surface area contributed by atoms with E-state index in [0.717, 1.165) is 31.8 Å². The third kappa shape index (κ3) is 3.20. The van der Waals surface area contributed by atoms with E-state index in [1.54, 1.807) is 0 Å². The van der Waals surface area contributed by atoms with Crippen LogP contribution in [-0.4, -0.2) is 37.0 Å². The first-order valence-electron chi connectivity index (χ1n) is 6.23. The van der Waals surface area contributed by atoms with Gasteiger partial charge >= 0.3 is 0 Å². The summed E-state index contributed by atoms with van der Waals surface area (Å²) in [5, 5.41) is 2.90. The van der Waals surface area contributed by atoms with Crippen molar-refractivity contribution in [3.05, 3.63) is 0 Å². The van der Waals surface area contributed by atoms with E-state index in [1.807, 2.05) is 0 Å². The molecular weight excluding hydrogens is 188 g/mol. The van der Waals surface area contributed by atoms with Crippen LogP contribution in [-0.2, 0) is 4.79 Å². The van der Waals surface area contributed by atoms with E-state index in [4.69, 9.17) is 0 Å². The van der Waals surface area contributed by atoms with Gasteiger partial charge in [0.15, 0.2) is 0 Å². The second-order valence-corrected chi connectivity index (χ2v) is 5.19. The maximum Gasteiger partial charge on any atom is 0.220 e. The molecule has 2 fully saturated rings. The van der Waals surface area contributed by atoms with Gasteiger partial charge < -0.3 is 10.2 Å². The van der Waals surface area contributed by atoms with Crippen LogP contribution in [0.25, 0.3) is 0 Å². The first-order valence-corrected chi connectivity index (χ1v) is 6.23. The molecule has 2 saturated heterocycles. The Balaban J connectivity index is 1.74. The largest absolute Gasteiger partial charge is 0.356 e. The Morgan fingerprint density at radius 3 is 2.73 bits per heavy atom. The molecule has 0 spiro atoms. The van der Waals surface area contributed by atoms with Gasteiger partial charge in [0, 0.05) is 19.5 Å². The molecule has 0 aromatic rings. The number of nitrogens with zero attached hydrogens (tertiary/aromatic N) is 1. The molecule has 0 saturated carbocycles. The molecule has 1 amide bonds. The van der Waals surface area contributed by atoms with Crippen molar-refractivity contribution in [3.8, 4) is 0 Å². The standard InChI is InChI=1S/C12H22N2O/c1-10-3-6-14(7-4-10)9-11-2-5-13-12(15)8-11/h10-11H,2-9H2,1H3,(H,13,15)/t11-/m0/s1. The summed E-state index contributed by atoms with van der Waals surface area (Å²) in [7, 11) is 0. The Hall–Kier alpha value is -0.570. The maximum absolute atomic E-state index is 11.2. The number of rotatable bonds is 2. The molecular formula is C12H22N2O. The molecule has 86 valence electrons. The van der Waals surface area contributed by atoms with Gasteiger partial charge in [0.2, 0.25) is 5.91 Å². The number of hydrogen-bond acceptors (Lipinski definition) is 2. The van der Waals surface area contributed by atoms with Crippen LogP contribution in [0.5, 0.6) is 0 Å². The zero-order valence-electron chi connectivity index (χ0n) is 9.67. The average molecular weight is 210 g/mol. The van der Waals surface area contributed by atoms with E-state index in [2.05, 4.69) is 17.1 Å². The number of piperidine rings is 2. The Morgan fingerprint density at radius 2 is 2.07 bits per heavy atom. The SMILES string of the molecule is CC1CCN(C[C@H]2CCNC(=O)C2)CC1. The van der Waals surface area contributed by atoms with E-state index in [1.165, 1.54) is 25.9 Å². The van der Waals surface area contributed by atoms with Gasteiger partial charge in [0.05, 0.1) is 0 Å². The molecule has 2 aliphatic heterocycles. The van der Waals surface area contributed by atoms with Crippen LogP contribution in [0.2, 0.25) is 0 Å². The molecule has 2 rings (SSSR count). The van der Waals surface area contributed by atoms with Gasteiger partial charge in [-0.2, -0.15) is 0 Å². The summed E-state index contributed by atoms with van der Waals surface area (Å²) in [6, 6.07) is 0. The summed E-state index contributed by atoms with van der Waals surface area (Å²) in [5.74, 6) is 1.75. The van der Waals surface area contributed by atoms with Gasteiger partial charge in [0.1, 0.15) is 0 Å². The monoisotopic (exact) mass is 210 g/mol. The molecule has 0 aromatic carbocycles. The molecule has 3 nitrogen and oxygen atoms in total. The van der Waals surface area contributed by atoms with E-state index in [-0.39, 0.29) is 5.91 Å². The smallest absolute Gasteiger partial charge is 0.220 e. The maximum atomic E-state index is 11.2. The zero-order valence-corrected chi connectivity index (χ0v) is 9.67. The molecule has 3 heteroatoms. The summed E-state index contributed by atoms with van der Waals surface area (Å²) in [6.45, 7) is 6.83. The van der Waals surface area contributed by atoms with E-state index >= 15 is 0 Å².